The van der Waals surface area contributed by atoms with Crippen LogP contribution in [0.4, 0.5) is 0 Å². The predicted molar refractivity (Wildman–Crippen MR) is 82.9 cm³/mol. The fourth-order valence-corrected chi connectivity index (χ4v) is 2.62. The first kappa shape index (κ1) is 13.7. The molecule has 0 saturated carbocycles. The van der Waals surface area contributed by atoms with Crippen molar-refractivity contribution < 1.29 is 4.74 Å². The number of rotatable bonds is 4. The lowest BCUT2D eigenvalue weighted by Crippen LogP contribution is -2.02. The highest BCUT2D eigenvalue weighted by Gasteiger charge is 2.14. The number of nitrogens with zero attached hydrogens (tertiary/aromatic N) is 2. The number of ether oxygens (including phenoxy) is 1. The molecule has 0 spiro atoms. The topological polar surface area (TPSA) is 38.0 Å². The van der Waals surface area contributed by atoms with Crippen molar-refractivity contribution in [1.82, 2.24) is 4.57 Å². The molecule has 21 heavy (non-hydrogen) atoms. The fourth-order valence-electron chi connectivity index (χ4n) is 2.33. The van der Waals surface area contributed by atoms with E-state index in [1.807, 2.05) is 59.2 Å². The van der Waals surface area contributed by atoms with Gasteiger partial charge >= 0.3 is 0 Å². The summed E-state index contributed by atoms with van der Waals surface area (Å²) in [4.78, 5) is 0. The molecule has 0 aliphatic heterocycles. The fraction of sp³-hybridized carbons (Fsp3) is 0.118. The number of aromatic nitrogens is 1. The van der Waals surface area contributed by atoms with E-state index in [9.17, 15) is 5.26 Å². The van der Waals surface area contributed by atoms with Gasteiger partial charge in [0.15, 0.2) is 0 Å². The lowest BCUT2D eigenvalue weighted by molar-refractivity contribution is 0.0669. The maximum atomic E-state index is 9.24. The zero-order valence-corrected chi connectivity index (χ0v) is 12.0. The van der Waals surface area contributed by atoms with Crippen molar-refractivity contribution in [2.75, 3.05) is 0 Å². The second-order valence-electron chi connectivity index (χ2n) is 4.69. The van der Waals surface area contributed by atoms with Gasteiger partial charge in [0, 0.05) is 5.39 Å². The van der Waals surface area contributed by atoms with Gasteiger partial charge in [-0.3, -0.25) is 0 Å². The summed E-state index contributed by atoms with van der Waals surface area (Å²) in [6.07, 6.45) is 0. The highest BCUT2D eigenvalue weighted by atomic mass is 35.5. The molecule has 1 heterocycles. The van der Waals surface area contributed by atoms with Gasteiger partial charge in [-0.15, -0.1) is 0 Å². The van der Waals surface area contributed by atoms with Gasteiger partial charge in [-0.05, 0) is 11.6 Å². The van der Waals surface area contributed by atoms with E-state index < -0.39 is 0 Å². The number of fused-ring (bicyclic) bond motifs is 1. The molecule has 0 fully saturated rings. The van der Waals surface area contributed by atoms with Crippen LogP contribution in [-0.4, -0.2) is 4.57 Å². The predicted octanol–water partition coefficient (Wildman–Crippen LogP) is 4.34. The van der Waals surface area contributed by atoms with Crippen molar-refractivity contribution in [3.05, 3.63) is 70.9 Å². The van der Waals surface area contributed by atoms with Gasteiger partial charge in [0.1, 0.15) is 18.0 Å². The number of nitriles is 1. The van der Waals surface area contributed by atoms with Crippen LogP contribution in [0.2, 0.25) is 5.15 Å². The molecule has 104 valence electrons. The molecular weight excluding hydrogens is 284 g/mol. The normalized spacial score (nSPS) is 10.7. The van der Waals surface area contributed by atoms with Gasteiger partial charge in [-0.1, -0.05) is 60.1 Å². The summed E-state index contributed by atoms with van der Waals surface area (Å²) in [5.74, 6) is 0. The van der Waals surface area contributed by atoms with Gasteiger partial charge < -0.3 is 9.30 Å². The summed E-state index contributed by atoms with van der Waals surface area (Å²) in [7, 11) is 0. The molecule has 3 nitrogen and oxygen atoms in total. The van der Waals surface area contributed by atoms with E-state index in [0.717, 1.165) is 16.5 Å². The lowest BCUT2D eigenvalue weighted by atomic mass is 10.2. The third-order valence-electron chi connectivity index (χ3n) is 3.35. The average molecular weight is 297 g/mol. The molecule has 0 N–H and O–H groups in total. The monoisotopic (exact) mass is 296 g/mol. The number of para-hydroxylation sites is 1. The van der Waals surface area contributed by atoms with Crippen LogP contribution in [0.15, 0.2) is 54.6 Å². The minimum absolute atomic E-state index is 0.315. The standard InChI is InChI=1S/C17H13ClN2O/c18-17-15(10-19)14-8-4-5-9-16(14)20(17)12-21-11-13-6-2-1-3-7-13/h1-9H,11-12H2. The van der Waals surface area contributed by atoms with Crippen LogP contribution in [-0.2, 0) is 18.1 Å². The van der Waals surface area contributed by atoms with E-state index in [1.54, 1.807) is 0 Å². The molecule has 0 radical (unpaired) electrons. The van der Waals surface area contributed by atoms with Crippen LogP contribution < -0.4 is 0 Å². The third-order valence-corrected chi connectivity index (χ3v) is 3.74. The summed E-state index contributed by atoms with van der Waals surface area (Å²) in [6, 6.07) is 19.8. The Bertz CT molecular complexity index is 803. The second kappa shape index (κ2) is 6.01. The Morgan fingerprint density at radius 1 is 1.05 bits per heavy atom. The highest BCUT2D eigenvalue weighted by molar-refractivity contribution is 6.32. The van der Waals surface area contributed by atoms with Gasteiger partial charge in [-0.25, -0.2) is 0 Å². The molecule has 0 aliphatic carbocycles. The van der Waals surface area contributed by atoms with Gasteiger partial charge in [0.05, 0.1) is 17.7 Å². The average Bonchev–Trinajstić information content (AvgIpc) is 2.80. The number of benzene rings is 2. The van der Waals surface area contributed by atoms with Crippen molar-refractivity contribution in [3.8, 4) is 6.07 Å². The smallest absolute Gasteiger partial charge is 0.129 e. The van der Waals surface area contributed by atoms with Crippen molar-refractivity contribution in [3.63, 3.8) is 0 Å². The first-order chi connectivity index (χ1) is 10.3. The Balaban J connectivity index is 1.84. The Morgan fingerprint density at radius 3 is 2.52 bits per heavy atom. The SMILES string of the molecule is N#Cc1c(Cl)n(COCc2ccccc2)c2ccccc12. The molecule has 4 heteroatoms. The van der Waals surface area contributed by atoms with Crippen LogP contribution in [0.5, 0.6) is 0 Å². The minimum atomic E-state index is 0.315. The van der Waals surface area contributed by atoms with E-state index >= 15 is 0 Å². The number of hydrogen-bond acceptors (Lipinski definition) is 2. The maximum absolute atomic E-state index is 9.24. The van der Waals surface area contributed by atoms with Gasteiger partial charge in [0.25, 0.3) is 0 Å². The Kier molecular flexibility index (Phi) is 3.92. The molecule has 0 unspecified atom stereocenters. The molecule has 3 aromatic rings. The minimum Gasteiger partial charge on any atom is -0.356 e. The summed E-state index contributed by atoms with van der Waals surface area (Å²) in [6.45, 7) is 0.821. The van der Waals surface area contributed by atoms with Crippen LogP contribution in [0.1, 0.15) is 11.1 Å². The summed E-state index contributed by atoms with van der Waals surface area (Å²) in [5.41, 5.74) is 2.51. The van der Waals surface area contributed by atoms with Crippen LogP contribution in [0.3, 0.4) is 0 Å². The second-order valence-corrected chi connectivity index (χ2v) is 5.04. The van der Waals surface area contributed by atoms with Crippen molar-refractivity contribution >= 4 is 22.5 Å². The molecule has 0 bridgehead atoms. The highest BCUT2D eigenvalue weighted by Crippen LogP contribution is 2.29. The summed E-state index contributed by atoms with van der Waals surface area (Å²) >= 11 is 6.29. The van der Waals surface area contributed by atoms with E-state index in [0.29, 0.717) is 24.1 Å². The van der Waals surface area contributed by atoms with E-state index in [4.69, 9.17) is 16.3 Å². The molecular formula is C17H13ClN2O. The summed E-state index contributed by atoms with van der Waals surface area (Å²) < 4.78 is 7.54. The van der Waals surface area contributed by atoms with Crippen molar-refractivity contribution in [2.45, 2.75) is 13.3 Å². The van der Waals surface area contributed by atoms with Gasteiger partial charge in [-0.2, -0.15) is 5.26 Å². The van der Waals surface area contributed by atoms with Crippen LogP contribution >= 0.6 is 11.6 Å². The van der Waals surface area contributed by atoms with E-state index in [-0.39, 0.29) is 0 Å². The Labute approximate surface area is 127 Å². The molecule has 2 aromatic carbocycles. The Morgan fingerprint density at radius 2 is 1.76 bits per heavy atom. The van der Waals surface area contributed by atoms with Gasteiger partial charge in [0.2, 0.25) is 0 Å². The zero-order valence-electron chi connectivity index (χ0n) is 11.3. The molecule has 0 amide bonds. The lowest BCUT2D eigenvalue weighted by Gasteiger charge is -2.08. The number of halogens is 1. The summed E-state index contributed by atoms with van der Waals surface area (Å²) in [5, 5.41) is 10.5. The third kappa shape index (κ3) is 2.64. The van der Waals surface area contributed by atoms with Crippen LogP contribution in [0.25, 0.3) is 10.9 Å². The first-order valence-electron chi connectivity index (χ1n) is 6.59. The quantitative estimate of drug-likeness (QED) is 0.718. The molecule has 0 atom stereocenters. The molecule has 3 rings (SSSR count). The van der Waals surface area contributed by atoms with Crippen molar-refractivity contribution in [1.29, 1.82) is 5.26 Å². The van der Waals surface area contributed by atoms with E-state index in [2.05, 4.69) is 6.07 Å². The van der Waals surface area contributed by atoms with Crippen molar-refractivity contribution in [2.24, 2.45) is 0 Å². The molecule has 1 aromatic heterocycles. The number of hydrogen-bond donors (Lipinski definition) is 0. The largest absolute Gasteiger partial charge is 0.356 e. The molecule has 0 aliphatic rings. The Hall–Kier alpha value is -2.28. The molecule has 0 saturated heterocycles. The van der Waals surface area contributed by atoms with E-state index in [1.165, 1.54) is 0 Å². The first-order valence-corrected chi connectivity index (χ1v) is 6.97. The maximum Gasteiger partial charge on any atom is 0.129 e. The zero-order chi connectivity index (χ0) is 14.7. The van der Waals surface area contributed by atoms with Crippen LogP contribution in [0, 0.1) is 11.3 Å².